The molecular weight excluding hydrogens is 306 g/mol. The largest absolute Gasteiger partial charge is 0.378 e. The van der Waals surface area contributed by atoms with Crippen molar-refractivity contribution in [1.29, 1.82) is 0 Å². The molecule has 2 unspecified atom stereocenters. The molecule has 1 saturated carbocycles. The molecule has 24 heavy (non-hydrogen) atoms. The van der Waals surface area contributed by atoms with Gasteiger partial charge in [-0.05, 0) is 24.6 Å². The Labute approximate surface area is 143 Å². The Bertz CT molecular complexity index is 612. The van der Waals surface area contributed by atoms with Crippen LogP contribution in [0.1, 0.15) is 43.1 Å². The van der Waals surface area contributed by atoms with Gasteiger partial charge in [-0.15, -0.1) is 0 Å². The van der Waals surface area contributed by atoms with Crippen molar-refractivity contribution in [2.75, 3.05) is 13.7 Å². The quantitative estimate of drug-likeness (QED) is 0.729. The minimum atomic E-state index is -0.922. The van der Waals surface area contributed by atoms with Crippen LogP contribution >= 0.6 is 0 Å². The second kappa shape index (κ2) is 6.91. The summed E-state index contributed by atoms with van der Waals surface area (Å²) in [5.41, 5.74) is 6.52. The lowest BCUT2D eigenvalue weighted by Gasteiger charge is -2.57. The van der Waals surface area contributed by atoms with Crippen LogP contribution in [-0.4, -0.2) is 37.1 Å². The molecule has 4 N–H and O–H groups in total. The van der Waals surface area contributed by atoms with Crippen molar-refractivity contribution in [2.24, 2.45) is 11.1 Å². The summed E-state index contributed by atoms with van der Waals surface area (Å²) in [5, 5.41) is 5.47. The zero-order valence-electron chi connectivity index (χ0n) is 14.8. The highest BCUT2D eigenvalue weighted by Gasteiger charge is 2.62. The minimum Gasteiger partial charge on any atom is -0.378 e. The molecule has 6 nitrogen and oxygen atoms in total. The number of hydrogen-bond acceptors (Lipinski definition) is 4. The first-order chi connectivity index (χ1) is 11.3. The molecule has 2 atom stereocenters. The predicted octanol–water partition coefficient (Wildman–Crippen LogP) is 1.19. The summed E-state index contributed by atoms with van der Waals surface area (Å²) < 4.78 is 5.65. The topological polar surface area (TPSA) is 93.4 Å². The smallest absolute Gasteiger partial charge is 0.251 e. The summed E-state index contributed by atoms with van der Waals surface area (Å²) in [5.74, 6) is -0.302. The Kier molecular flexibility index (Phi) is 5.30. The highest BCUT2D eigenvalue weighted by atomic mass is 16.5. The van der Waals surface area contributed by atoms with Crippen LogP contribution in [0.2, 0.25) is 0 Å². The maximum Gasteiger partial charge on any atom is 0.251 e. The van der Waals surface area contributed by atoms with E-state index in [9.17, 15) is 9.59 Å². The van der Waals surface area contributed by atoms with Crippen LogP contribution < -0.4 is 16.4 Å². The van der Waals surface area contributed by atoms with Crippen LogP contribution in [0, 0.1) is 5.41 Å². The van der Waals surface area contributed by atoms with Gasteiger partial charge in [0.15, 0.2) is 0 Å². The Hall–Kier alpha value is -1.92. The van der Waals surface area contributed by atoms with Gasteiger partial charge >= 0.3 is 0 Å². The number of rotatable bonds is 6. The molecule has 6 heteroatoms. The maximum absolute atomic E-state index is 12.6. The average Bonchev–Trinajstić information content (AvgIpc) is 2.58. The van der Waals surface area contributed by atoms with Gasteiger partial charge in [0.05, 0.1) is 6.10 Å². The van der Waals surface area contributed by atoms with E-state index in [4.69, 9.17) is 10.5 Å². The van der Waals surface area contributed by atoms with E-state index in [1.165, 1.54) is 0 Å². The minimum absolute atomic E-state index is 0.00471. The summed E-state index contributed by atoms with van der Waals surface area (Å²) in [4.78, 5) is 24.1. The molecule has 1 aromatic carbocycles. The lowest BCUT2D eigenvalue weighted by molar-refractivity contribution is -0.170. The molecule has 0 aromatic heterocycles. The normalized spacial score (nSPS) is 24.8. The highest BCUT2D eigenvalue weighted by molar-refractivity contribution is 5.94. The van der Waals surface area contributed by atoms with Gasteiger partial charge in [0.25, 0.3) is 5.91 Å². The molecule has 0 heterocycles. The van der Waals surface area contributed by atoms with E-state index in [0.29, 0.717) is 25.1 Å². The molecule has 2 rings (SSSR count). The SMILES string of the molecule is CCOC1CC(N)(C(=O)NCc2ccc(C(=O)NC)cc2)C1(C)C. The fourth-order valence-corrected chi connectivity index (χ4v) is 3.08. The third-order valence-electron chi connectivity index (χ3n) is 5.13. The molecule has 2 amide bonds. The molecule has 1 fully saturated rings. The number of ether oxygens (including phenoxy) is 1. The van der Waals surface area contributed by atoms with Crippen LogP contribution in [0.15, 0.2) is 24.3 Å². The van der Waals surface area contributed by atoms with Crippen molar-refractivity contribution in [3.8, 4) is 0 Å². The highest BCUT2D eigenvalue weighted by Crippen LogP contribution is 2.49. The number of hydrogen-bond donors (Lipinski definition) is 3. The number of benzene rings is 1. The first kappa shape index (κ1) is 18.4. The molecule has 132 valence electrons. The third kappa shape index (κ3) is 3.16. The van der Waals surface area contributed by atoms with E-state index >= 15 is 0 Å². The fourth-order valence-electron chi connectivity index (χ4n) is 3.08. The number of carbonyl (C=O) groups excluding carboxylic acids is 2. The third-order valence-corrected chi connectivity index (χ3v) is 5.13. The Morgan fingerprint density at radius 1 is 1.29 bits per heavy atom. The van der Waals surface area contributed by atoms with Gasteiger partial charge in [0.1, 0.15) is 5.54 Å². The fraction of sp³-hybridized carbons (Fsp3) is 0.556. The van der Waals surface area contributed by atoms with E-state index in [0.717, 1.165) is 5.56 Å². The van der Waals surface area contributed by atoms with Crippen LogP contribution in [0.4, 0.5) is 0 Å². The van der Waals surface area contributed by atoms with E-state index < -0.39 is 11.0 Å². The maximum atomic E-state index is 12.6. The Balaban J connectivity index is 1.95. The summed E-state index contributed by atoms with van der Waals surface area (Å²) in [7, 11) is 1.59. The molecule has 0 saturated heterocycles. The van der Waals surface area contributed by atoms with Gasteiger partial charge in [-0.25, -0.2) is 0 Å². The number of nitrogens with two attached hydrogens (primary N) is 1. The molecular formula is C18H27N3O3. The van der Waals surface area contributed by atoms with Crippen molar-refractivity contribution in [3.05, 3.63) is 35.4 Å². The average molecular weight is 333 g/mol. The van der Waals surface area contributed by atoms with Gasteiger partial charge in [-0.2, -0.15) is 0 Å². The number of amides is 2. The first-order valence-electron chi connectivity index (χ1n) is 8.26. The number of nitrogens with one attached hydrogen (secondary N) is 2. The van der Waals surface area contributed by atoms with Crippen molar-refractivity contribution >= 4 is 11.8 Å². The van der Waals surface area contributed by atoms with Crippen LogP contribution in [0.3, 0.4) is 0 Å². The van der Waals surface area contributed by atoms with Gasteiger partial charge in [-0.1, -0.05) is 26.0 Å². The Morgan fingerprint density at radius 3 is 2.42 bits per heavy atom. The van der Waals surface area contributed by atoms with Crippen LogP contribution in [0.25, 0.3) is 0 Å². The molecule has 0 radical (unpaired) electrons. The van der Waals surface area contributed by atoms with Gasteiger partial charge in [-0.3, -0.25) is 9.59 Å². The van der Waals surface area contributed by atoms with Gasteiger partial charge in [0, 0.05) is 37.6 Å². The molecule has 1 aromatic rings. The van der Waals surface area contributed by atoms with Crippen molar-refractivity contribution in [3.63, 3.8) is 0 Å². The van der Waals surface area contributed by atoms with E-state index in [1.807, 2.05) is 32.9 Å². The lowest BCUT2D eigenvalue weighted by atomic mass is 9.54. The van der Waals surface area contributed by atoms with Crippen LogP contribution in [-0.2, 0) is 16.1 Å². The van der Waals surface area contributed by atoms with Crippen molar-refractivity contribution in [1.82, 2.24) is 10.6 Å². The second-order valence-electron chi connectivity index (χ2n) is 6.80. The zero-order chi connectivity index (χ0) is 18.0. The second-order valence-corrected chi connectivity index (χ2v) is 6.80. The van der Waals surface area contributed by atoms with Crippen molar-refractivity contribution in [2.45, 2.75) is 45.4 Å². The monoisotopic (exact) mass is 333 g/mol. The van der Waals surface area contributed by atoms with E-state index in [-0.39, 0.29) is 17.9 Å². The molecule has 0 aliphatic heterocycles. The summed E-state index contributed by atoms with van der Waals surface area (Å²) >= 11 is 0. The van der Waals surface area contributed by atoms with Gasteiger partial charge < -0.3 is 21.1 Å². The standard InChI is InChI=1S/C18H27N3O3/c1-5-24-14-10-18(19,17(14,2)3)16(23)21-11-12-6-8-13(9-7-12)15(22)20-4/h6-9,14H,5,10-11,19H2,1-4H3,(H,20,22)(H,21,23). The van der Waals surface area contributed by atoms with Crippen LogP contribution in [0.5, 0.6) is 0 Å². The molecule has 1 aliphatic rings. The Morgan fingerprint density at radius 2 is 1.92 bits per heavy atom. The predicted molar refractivity (Wildman–Crippen MR) is 92.4 cm³/mol. The number of carbonyl (C=O) groups is 2. The zero-order valence-corrected chi connectivity index (χ0v) is 14.8. The van der Waals surface area contributed by atoms with Crippen molar-refractivity contribution < 1.29 is 14.3 Å². The molecule has 0 spiro atoms. The van der Waals surface area contributed by atoms with E-state index in [2.05, 4.69) is 10.6 Å². The van der Waals surface area contributed by atoms with E-state index in [1.54, 1.807) is 19.2 Å². The molecule has 1 aliphatic carbocycles. The summed E-state index contributed by atoms with van der Waals surface area (Å²) in [6.07, 6.45) is 0.528. The summed E-state index contributed by atoms with van der Waals surface area (Å²) in [6.45, 7) is 6.86. The lowest BCUT2D eigenvalue weighted by Crippen LogP contribution is -2.75. The molecule has 0 bridgehead atoms. The first-order valence-corrected chi connectivity index (χ1v) is 8.26. The van der Waals surface area contributed by atoms with Gasteiger partial charge in [0.2, 0.25) is 5.91 Å². The summed E-state index contributed by atoms with van der Waals surface area (Å²) in [6, 6.07) is 7.11.